The minimum absolute atomic E-state index is 0.0492. The lowest BCUT2D eigenvalue weighted by atomic mass is 10.3. The molecule has 0 radical (unpaired) electrons. The summed E-state index contributed by atoms with van der Waals surface area (Å²) in [6, 6.07) is 0. The molecule has 0 saturated heterocycles. The molecule has 1 saturated carbocycles. The summed E-state index contributed by atoms with van der Waals surface area (Å²) in [7, 11) is 0. The van der Waals surface area contributed by atoms with Gasteiger partial charge in [-0.1, -0.05) is 40.0 Å². The molecule has 0 atom stereocenters. The second kappa shape index (κ2) is 3.30. The third kappa shape index (κ3) is 2.48. The first-order chi connectivity index (χ1) is 6.05. The zero-order valence-corrected chi connectivity index (χ0v) is 8.90. The molecule has 1 heterocycles. The first-order valence-electron chi connectivity index (χ1n) is 3.95. The van der Waals surface area contributed by atoms with Crippen LogP contribution in [-0.2, 0) is 10.2 Å². The van der Waals surface area contributed by atoms with Crippen LogP contribution in [0.15, 0.2) is 4.52 Å². The predicted octanol–water partition coefficient (Wildman–Crippen LogP) is 2.85. The van der Waals surface area contributed by atoms with Gasteiger partial charge < -0.3 is 4.52 Å². The summed E-state index contributed by atoms with van der Waals surface area (Å²) in [6.07, 6.45) is 3.29. The maximum absolute atomic E-state index is 5.56. The van der Waals surface area contributed by atoms with Gasteiger partial charge in [-0.3, -0.25) is 0 Å². The number of alkyl halides is 3. The Bertz CT molecular complexity index is 303. The Balaban J connectivity index is 2.08. The molecule has 6 heteroatoms. The Morgan fingerprint density at radius 3 is 2.54 bits per heavy atom. The normalized spacial score (nSPS) is 17.8. The molecule has 13 heavy (non-hydrogen) atoms. The highest BCUT2D eigenvalue weighted by Crippen LogP contribution is 2.37. The van der Waals surface area contributed by atoms with Gasteiger partial charge in [-0.25, -0.2) is 0 Å². The van der Waals surface area contributed by atoms with Crippen LogP contribution in [0.2, 0.25) is 0 Å². The standard InChI is InChI=1S/C7H7Cl3N2O/c8-7(9,10)6-11-5(12-13-6)3-4-1-2-4/h4H,1-3H2. The third-order valence-corrected chi connectivity index (χ3v) is 2.36. The van der Waals surface area contributed by atoms with Crippen LogP contribution < -0.4 is 0 Å². The van der Waals surface area contributed by atoms with Crippen LogP contribution in [0.25, 0.3) is 0 Å². The second-order valence-electron chi connectivity index (χ2n) is 3.16. The Hall–Kier alpha value is 0.01000. The first kappa shape index (κ1) is 9.56. The van der Waals surface area contributed by atoms with E-state index in [1.807, 2.05) is 0 Å². The van der Waals surface area contributed by atoms with E-state index in [0.29, 0.717) is 11.7 Å². The van der Waals surface area contributed by atoms with Crippen LogP contribution >= 0.6 is 34.8 Å². The number of hydrogen-bond acceptors (Lipinski definition) is 3. The third-order valence-electron chi connectivity index (χ3n) is 1.88. The SMILES string of the molecule is ClC(Cl)(Cl)c1nc(CC2CC2)no1. The fraction of sp³-hybridized carbons (Fsp3) is 0.714. The van der Waals surface area contributed by atoms with Crippen molar-refractivity contribution in [2.24, 2.45) is 5.92 Å². The van der Waals surface area contributed by atoms with Gasteiger partial charge in [-0.15, -0.1) is 0 Å². The maximum Gasteiger partial charge on any atom is 0.278 e. The van der Waals surface area contributed by atoms with Crippen LogP contribution in [0.3, 0.4) is 0 Å². The van der Waals surface area contributed by atoms with Crippen LogP contribution in [0.5, 0.6) is 0 Å². The van der Waals surface area contributed by atoms with E-state index in [4.69, 9.17) is 39.3 Å². The molecule has 1 aromatic rings. The quantitative estimate of drug-likeness (QED) is 0.748. The van der Waals surface area contributed by atoms with E-state index in [0.717, 1.165) is 6.42 Å². The minimum atomic E-state index is -1.60. The molecule has 1 aliphatic rings. The van der Waals surface area contributed by atoms with Gasteiger partial charge in [0.1, 0.15) is 0 Å². The largest absolute Gasteiger partial charge is 0.335 e. The molecule has 1 fully saturated rings. The summed E-state index contributed by atoms with van der Waals surface area (Å²) in [5.41, 5.74) is 0. The minimum Gasteiger partial charge on any atom is -0.335 e. The van der Waals surface area contributed by atoms with Crippen molar-refractivity contribution >= 4 is 34.8 Å². The van der Waals surface area contributed by atoms with E-state index in [9.17, 15) is 0 Å². The summed E-state index contributed by atoms with van der Waals surface area (Å²) in [6.45, 7) is 0. The fourth-order valence-corrected chi connectivity index (χ4v) is 1.26. The average Bonchev–Trinajstić information content (AvgIpc) is 2.63. The highest BCUT2D eigenvalue weighted by atomic mass is 35.6. The molecule has 0 bridgehead atoms. The summed E-state index contributed by atoms with van der Waals surface area (Å²) in [4.78, 5) is 3.99. The molecule has 1 aromatic heterocycles. The fourth-order valence-electron chi connectivity index (χ4n) is 1.03. The van der Waals surface area contributed by atoms with E-state index >= 15 is 0 Å². The lowest BCUT2D eigenvalue weighted by molar-refractivity contribution is 0.376. The van der Waals surface area contributed by atoms with Gasteiger partial charge in [0.25, 0.3) is 9.68 Å². The lowest BCUT2D eigenvalue weighted by Crippen LogP contribution is -2.00. The van der Waals surface area contributed by atoms with Crippen molar-refractivity contribution in [3.63, 3.8) is 0 Å². The number of aromatic nitrogens is 2. The van der Waals surface area contributed by atoms with E-state index in [1.54, 1.807) is 0 Å². The Kier molecular flexibility index (Phi) is 2.43. The number of rotatable bonds is 2. The smallest absolute Gasteiger partial charge is 0.278 e. The summed E-state index contributed by atoms with van der Waals surface area (Å²) in [5.74, 6) is 1.37. The van der Waals surface area contributed by atoms with Crippen molar-refractivity contribution in [3.05, 3.63) is 11.7 Å². The molecule has 0 spiro atoms. The van der Waals surface area contributed by atoms with Crippen LogP contribution in [0.4, 0.5) is 0 Å². The molecule has 72 valence electrons. The molecule has 0 aliphatic heterocycles. The van der Waals surface area contributed by atoms with Crippen molar-refractivity contribution < 1.29 is 4.52 Å². The first-order valence-corrected chi connectivity index (χ1v) is 5.09. The highest BCUT2D eigenvalue weighted by molar-refractivity contribution is 6.66. The molecule has 2 rings (SSSR count). The van der Waals surface area contributed by atoms with Crippen molar-refractivity contribution in [3.8, 4) is 0 Å². The van der Waals surface area contributed by atoms with Crippen molar-refractivity contribution in [2.75, 3.05) is 0 Å². The summed E-state index contributed by atoms with van der Waals surface area (Å²) in [5, 5.41) is 3.72. The van der Waals surface area contributed by atoms with Gasteiger partial charge in [0.2, 0.25) is 0 Å². The summed E-state index contributed by atoms with van der Waals surface area (Å²) >= 11 is 16.7. The molecule has 3 nitrogen and oxygen atoms in total. The van der Waals surface area contributed by atoms with E-state index in [1.165, 1.54) is 12.8 Å². The van der Waals surface area contributed by atoms with Crippen LogP contribution in [0.1, 0.15) is 24.6 Å². The highest BCUT2D eigenvalue weighted by Gasteiger charge is 2.32. The zero-order valence-electron chi connectivity index (χ0n) is 6.64. The predicted molar refractivity (Wildman–Crippen MR) is 50.0 cm³/mol. The topological polar surface area (TPSA) is 38.9 Å². The Morgan fingerprint density at radius 2 is 2.08 bits per heavy atom. The van der Waals surface area contributed by atoms with Gasteiger partial charge in [-0.2, -0.15) is 4.98 Å². The molecule has 0 N–H and O–H groups in total. The van der Waals surface area contributed by atoms with E-state index in [2.05, 4.69) is 10.1 Å². The molecule has 0 amide bonds. The second-order valence-corrected chi connectivity index (χ2v) is 5.44. The van der Waals surface area contributed by atoms with Crippen LogP contribution in [-0.4, -0.2) is 10.1 Å². The zero-order chi connectivity index (χ0) is 9.47. The number of nitrogens with zero attached hydrogens (tertiary/aromatic N) is 2. The van der Waals surface area contributed by atoms with Crippen molar-refractivity contribution in [1.82, 2.24) is 10.1 Å². The summed E-state index contributed by atoms with van der Waals surface area (Å²) < 4.78 is 3.20. The number of hydrogen-bond donors (Lipinski definition) is 0. The van der Waals surface area contributed by atoms with Crippen molar-refractivity contribution in [1.29, 1.82) is 0 Å². The van der Waals surface area contributed by atoms with Crippen molar-refractivity contribution in [2.45, 2.75) is 23.1 Å². The molecule has 0 aromatic carbocycles. The monoisotopic (exact) mass is 240 g/mol. The number of halogens is 3. The molecular formula is C7H7Cl3N2O. The van der Waals surface area contributed by atoms with Gasteiger partial charge in [-0.05, 0) is 18.8 Å². The Morgan fingerprint density at radius 1 is 1.38 bits per heavy atom. The van der Waals surface area contributed by atoms with Gasteiger partial charge in [0.15, 0.2) is 5.82 Å². The van der Waals surface area contributed by atoms with Gasteiger partial charge in [0.05, 0.1) is 0 Å². The van der Waals surface area contributed by atoms with E-state index in [-0.39, 0.29) is 5.89 Å². The van der Waals surface area contributed by atoms with E-state index < -0.39 is 3.79 Å². The maximum atomic E-state index is 5.56. The average molecular weight is 242 g/mol. The molecular weight excluding hydrogens is 234 g/mol. The van der Waals surface area contributed by atoms with Crippen LogP contribution in [0, 0.1) is 5.92 Å². The van der Waals surface area contributed by atoms with Gasteiger partial charge in [0, 0.05) is 6.42 Å². The molecule has 0 unspecified atom stereocenters. The van der Waals surface area contributed by atoms with Gasteiger partial charge >= 0.3 is 0 Å². The molecule has 1 aliphatic carbocycles. The Labute approximate surface area is 90.3 Å². The lowest BCUT2D eigenvalue weighted by Gasteiger charge is -2.01.